The first-order valence-corrected chi connectivity index (χ1v) is 5.16. The van der Waals surface area contributed by atoms with Gasteiger partial charge in [-0.05, 0) is 12.0 Å². The molecule has 0 atom stereocenters. The molecule has 1 aromatic heterocycles. The average Bonchev–Trinajstić information content (AvgIpc) is 2.63. The molecule has 0 aliphatic carbocycles. The Morgan fingerprint density at radius 2 is 1.86 bits per heavy atom. The minimum atomic E-state index is 0.445. The molecule has 0 unspecified atom stereocenters. The van der Waals surface area contributed by atoms with Crippen LogP contribution in [0.3, 0.4) is 0 Å². The van der Waals surface area contributed by atoms with Gasteiger partial charge in [-0.1, -0.05) is 30.3 Å². The third-order valence-corrected chi connectivity index (χ3v) is 2.23. The van der Waals surface area contributed by atoms with Crippen LogP contribution in [-0.2, 0) is 12.8 Å². The van der Waals surface area contributed by atoms with E-state index in [1.54, 1.807) is 0 Å². The van der Waals surface area contributed by atoms with Crippen molar-refractivity contribution in [3.63, 3.8) is 0 Å². The summed E-state index contributed by atoms with van der Waals surface area (Å²) >= 11 is 3.12. The molecule has 1 aromatic carbocycles. The normalized spacial score (nSPS) is 10.4. The number of hydrogen-bond acceptors (Lipinski definition) is 3. The first-order valence-electron chi connectivity index (χ1n) is 4.36. The zero-order valence-electron chi connectivity index (χ0n) is 7.48. The lowest BCUT2D eigenvalue weighted by Crippen LogP contribution is -1.90. The SMILES string of the molecule is Brc1nnc(CCc2ccccc2)o1. The first kappa shape index (κ1) is 9.40. The molecule has 0 aliphatic rings. The molecule has 0 spiro atoms. The van der Waals surface area contributed by atoms with Gasteiger partial charge in [0.2, 0.25) is 5.89 Å². The van der Waals surface area contributed by atoms with Gasteiger partial charge in [0.05, 0.1) is 0 Å². The predicted molar refractivity (Wildman–Crippen MR) is 55.8 cm³/mol. The Hall–Kier alpha value is -1.16. The van der Waals surface area contributed by atoms with Crippen molar-refractivity contribution in [2.45, 2.75) is 12.8 Å². The van der Waals surface area contributed by atoms with E-state index in [1.807, 2.05) is 18.2 Å². The van der Waals surface area contributed by atoms with Crippen LogP contribution in [0.2, 0.25) is 0 Å². The van der Waals surface area contributed by atoms with Crippen molar-refractivity contribution in [2.75, 3.05) is 0 Å². The van der Waals surface area contributed by atoms with E-state index >= 15 is 0 Å². The highest BCUT2D eigenvalue weighted by molar-refractivity contribution is 9.10. The van der Waals surface area contributed by atoms with Crippen molar-refractivity contribution in [3.8, 4) is 0 Å². The fourth-order valence-electron chi connectivity index (χ4n) is 1.23. The maximum absolute atomic E-state index is 5.20. The second-order valence-electron chi connectivity index (χ2n) is 2.93. The smallest absolute Gasteiger partial charge is 0.284 e. The standard InChI is InChI=1S/C10H9BrN2O/c11-10-13-12-9(14-10)7-6-8-4-2-1-3-5-8/h1-5H,6-7H2. The van der Waals surface area contributed by atoms with Gasteiger partial charge in [0.15, 0.2) is 0 Å². The molecule has 2 rings (SSSR count). The van der Waals surface area contributed by atoms with E-state index in [0.717, 1.165) is 12.8 Å². The lowest BCUT2D eigenvalue weighted by atomic mass is 10.1. The molecule has 0 saturated heterocycles. The van der Waals surface area contributed by atoms with E-state index in [2.05, 4.69) is 38.3 Å². The van der Waals surface area contributed by atoms with Crippen LogP contribution in [0.4, 0.5) is 0 Å². The van der Waals surface area contributed by atoms with E-state index < -0.39 is 0 Å². The van der Waals surface area contributed by atoms with E-state index in [0.29, 0.717) is 10.7 Å². The Morgan fingerprint density at radius 3 is 2.50 bits per heavy atom. The molecule has 0 fully saturated rings. The molecule has 1 heterocycles. The summed E-state index contributed by atoms with van der Waals surface area (Å²) in [5, 5.41) is 7.60. The van der Waals surface area contributed by atoms with Crippen LogP contribution in [0.1, 0.15) is 11.5 Å². The number of halogens is 1. The van der Waals surface area contributed by atoms with Gasteiger partial charge in [-0.15, -0.1) is 10.2 Å². The maximum Gasteiger partial charge on any atom is 0.284 e. The monoisotopic (exact) mass is 252 g/mol. The molecule has 2 aromatic rings. The average molecular weight is 253 g/mol. The Balaban J connectivity index is 1.95. The van der Waals surface area contributed by atoms with Crippen LogP contribution in [-0.4, -0.2) is 10.2 Å². The summed E-state index contributed by atoms with van der Waals surface area (Å²) in [6, 6.07) is 10.2. The van der Waals surface area contributed by atoms with Crippen molar-refractivity contribution in [1.82, 2.24) is 10.2 Å². The lowest BCUT2D eigenvalue weighted by molar-refractivity contribution is 0.471. The molecule has 0 radical (unpaired) electrons. The highest BCUT2D eigenvalue weighted by Crippen LogP contribution is 2.09. The summed E-state index contributed by atoms with van der Waals surface area (Å²) in [6.07, 6.45) is 1.71. The van der Waals surface area contributed by atoms with E-state index in [-0.39, 0.29) is 0 Å². The molecule has 4 heteroatoms. The molecule has 14 heavy (non-hydrogen) atoms. The van der Waals surface area contributed by atoms with E-state index in [1.165, 1.54) is 5.56 Å². The number of aromatic nitrogens is 2. The zero-order valence-corrected chi connectivity index (χ0v) is 9.07. The fraction of sp³-hybridized carbons (Fsp3) is 0.200. The van der Waals surface area contributed by atoms with Gasteiger partial charge >= 0.3 is 0 Å². The lowest BCUT2D eigenvalue weighted by Gasteiger charge is -1.96. The molecule has 0 saturated carbocycles. The molecular formula is C10H9BrN2O. The molecule has 3 nitrogen and oxygen atoms in total. The zero-order chi connectivity index (χ0) is 9.80. The maximum atomic E-state index is 5.20. The Labute approximate surface area is 90.3 Å². The van der Waals surface area contributed by atoms with Crippen molar-refractivity contribution in [3.05, 3.63) is 46.6 Å². The van der Waals surface area contributed by atoms with Crippen LogP contribution in [0.25, 0.3) is 0 Å². The molecule has 0 N–H and O–H groups in total. The Bertz CT molecular complexity index is 400. The summed E-state index contributed by atoms with van der Waals surface area (Å²) in [4.78, 5) is 0.445. The van der Waals surface area contributed by atoms with Gasteiger partial charge in [-0.3, -0.25) is 0 Å². The van der Waals surface area contributed by atoms with Gasteiger partial charge in [-0.25, -0.2) is 0 Å². The second-order valence-corrected chi connectivity index (χ2v) is 3.61. The van der Waals surface area contributed by atoms with Crippen LogP contribution < -0.4 is 0 Å². The molecular weight excluding hydrogens is 244 g/mol. The van der Waals surface area contributed by atoms with Gasteiger partial charge in [0, 0.05) is 22.4 Å². The van der Waals surface area contributed by atoms with Crippen LogP contribution >= 0.6 is 15.9 Å². The van der Waals surface area contributed by atoms with Crippen LogP contribution in [0.15, 0.2) is 39.5 Å². The molecule has 0 aliphatic heterocycles. The number of rotatable bonds is 3. The van der Waals surface area contributed by atoms with Gasteiger partial charge in [0.1, 0.15) is 0 Å². The van der Waals surface area contributed by atoms with Crippen molar-refractivity contribution in [2.24, 2.45) is 0 Å². The summed E-state index contributed by atoms with van der Waals surface area (Å²) < 4.78 is 5.20. The Kier molecular flexibility index (Phi) is 2.93. The predicted octanol–water partition coefficient (Wildman–Crippen LogP) is 2.62. The van der Waals surface area contributed by atoms with Crippen LogP contribution in [0, 0.1) is 0 Å². The Morgan fingerprint density at radius 1 is 1.07 bits per heavy atom. The molecule has 0 bridgehead atoms. The van der Waals surface area contributed by atoms with Crippen molar-refractivity contribution >= 4 is 15.9 Å². The topological polar surface area (TPSA) is 38.9 Å². The summed E-state index contributed by atoms with van der Waals surface area (Å²) in [7, 11) is 0. The van der Waals surface area contributed by atoms with Gasteiger partial charge in [-0.2, -0.15) is 0 Å². The molecule has 0 amide bonds. The van der Waals surface area contributed by atoms with E-state index in [9.17, 15) is 0 Å². The van der Waals surface area contributed by atoms with Crippen molar-refractivity contribution in [1.29, 1.82) is 0 Å². The summed E-state index contributed by atoms with van der Waals surface area (Å²) in [5.74, 6) is 0.667. The largest absolute Gasteiger partial charge is 0.416 e. The first-order chi connectivity index (χ1) is 6.84. The summed E-state index contributed by atoms with van der Waals surface area (Å²) in [6.45, 7) is 0. The van der Waals surface area contributed by atoms with E-state index in [4.69, 9.17) is 4.42 Å². The molecule has 72 valence electrons. The minimum absolute atomic E-state index is 0.445. The number of nitrogens with zero attached hydrogens (tertiary/aromatic N) is 2. The number of hydrogen-bond donors (Lipinski definition) is 0. The van der Waals surface area contributed by atoms with Gasteiger partial charge in [0.25, 0.3) is 4.80 Å². The fourth-order valence-corrected chi connectivity index (χ4v) is 1.50. The quantitative estimate of drug-likeness (QED) is 0.843. The third kappa shape index (κ3) is 2.42. The highest BCUT2D eigenvalue weighted by atomic mass is 79.9. The van der Waals surface area contributed by atoms with Crippen LogP contribution in [0.5, 0.6) is 0 Å². The number of aryl methyl sites for hydroxylation is 2. The number of benzene rings is 1. The van der Waals surface area contributed by atoms with Gasteiger partial charge < -0.3 is 4.42 Å². The second kappa shape index (κ2) is 4.37. The summed E-state index contributed by atoms with van der Waals surface area (Å²) in [5.41, 5.74) is 1.28. The third-order valence-electron chi connectivity index (χ3n) is 1.91. The highest BCUT2D eigenvalue weighted by Gasteiger charge is 2.02. The minimum Gasteiger partial charge on any atom is -0.416 e. The van der Waals surface area contributed by atoms with Crippen molar-refractivity contribution < 1.29 is 4.42 Å².